The predicted molar refractivity (Wildman–Crippen MR) is 111 cm³/mol. The number of carbonyl (C=O) groups is 3. The second-order valence-corrected chi connectivity index (χ2v) is 7.62. The van der Waals surface area contributed by atoms with Crippen LogP contribution in [0.25, 0.3) is 0 Å². The number of aliphatic hydroxyl groups is 1. The Kier molecular flexibility index (Phi) is 8.91. The lowest BCUT2D eigenvalue weighted by Crippen LogP contribution is -2.55. The van der Waals surface area contributed by atoms with Crippen molar-refractivity contribution in [3.8, 4) is 0 Å². The number of nitrogens with zero attached hydrogens (tertiary/aromatic N) is 4. The van der Waals surface area contributed by atoms with Gasteiger partial charge in [0.1, 0.15) is 6.17 Å². The summed E-state index contributed by atoms with van der Waals surface area (Å²) in [7, 11) is 2.09. The molecule has 0 bridgehead atoms. The molecule has 1 fully saturated rings. The summed E-state index contributed by atoms with van der Waals surface area (Å²) in [5, 5.41) is 38.0. The molecule has 0 spiro atoms. The molecule has 3 heterocycles. The van der Waals surface area contributed by atoms with E-state index in [0.717, 1.165) is 24.5 Å². The number of piperidine rings is 1. The van der Waals surface area contributed by atoms with E-state index >= 15 is 0 Å². The largest absolute Gasteiger partial charge is 0.481 e. The molecule has 1 aromatic rings. The van der Waals surface area contributed by atoms with Gasteiger partial charge in [-0.3, -0.25) is 19.5 Å². The zero-order chi connectivity index (χ0) is 23.7. The van der Waals surface area contributed by atoms with Crippen molar-refractivity contribution >= 4 is 23.7 Å². The third-order valence-corrected chi connectivity index (χ3v) is 5.17. The highest BCUT2D eigenvalue weighted by atomic mass is 16.6. The van der Waals surface area contributed by atoms with Crippen LogP contribution in [0.4, 0.5) is 0 Å². The number of hydrogen-bond acceptors (Lipinski definition) is 9. The van der Waals surface area contributed by atoms with E-state index in [4.69, 9.17) is 25.3 Å². The van der Waals surface area contributed by atoms with Gasteiger partial charge in [0.15, 0.2) is 18.0 Å². The van der Waals surface area contributed by atoms with Gasteiger partial charge in [-0.2, -0.15) is 0 Å². The molecule has 4 N–H and O–H groups in total. The van der Waals surface area contributed by atoms with Crippen molar-refractivity contribution in [1.29, 1.82) is 0 Å². The number of pyridine rings is 1. The van der Waals surface area contributed by atoms with Crippen LogP contribution in [-0.4, -0.2) is 97.5 Å². The summed E-state index contributed by atoms with van der Waals surface area (Å²) in [5.74, 6) is -4.15. The lowest BCUT2D eigenvalue weighted by molar-refractivity contribution is -0.170. The second-order valence-electron chi connectivity index (χ2n) is 7.62. The molecule has 2 aliphatic rings. The van der Waals surface area contributed by atoms with Gasteiger partial charge < -0.3 is 30.2 Å². The fourth-order valence-electron chi connectivity index (χ4n) is 3.51. The Hall–Kier alpha value is -3.25. The normalized spacial score (nSPS) is 19.1. The SMILES string of the molecule is CN1C(c2cccnc2)=NOCC1N1CCCCC1.O=C(O)CC(O)(CC(=O)O)C(=O)O. The lowest BCUT2D eigenvalue weighted by atomic mass is 9.96. The van der Waals surface area contributed by atoms with Gasteiger partial charge in [0.25, 0.3) is 0 Å². The van der Waals surface area contributed by atoms with Gasteiger partial charge >= 0.3 is 17.9 Å². The Morgan fingerprint density at radius 2 is 1.75 bits per heavy atom. The molecular formula is C20H28N4O8. The van der Waals surface area contributed by atoms with Crippen LogP contribution in [0.5, 0.6) is 0 Å². The third-order valence-electron chi connectivity index (χ3n) is 5.17. The highest BCUT2D eigenvalue weighted by molar-refractivity contribution is 5.98. The van der Waals surface area contributed by atoms with Crippen molar-refractivity contribution in [2.75, 3.05) is 26.7 Å². The number of oxime groups is 1. The van der Waals surface area contributed by atoms with E-state index in [1.165, 1.54) is 19.3 Å². The van der Waals surface area contributed by atoms with Crippen LogP contribution >= 0.6 is 0 Å². The van der Waals surface area contributed by atoms with E-state index in [1.807, 2.05) is 18.3 Å². The maximum atomic E-state index is 10.3. The minimum absolute atomic E-state index is 0.285. The highest BCUT2D eigenvalue weighted by Gasteiger charge is 2.40. The van der Waals surface area contributed by atoms with E-state index < -0.39 is 36.4 Å². The minimum Gasteiger partial charge on any atom is -0.481 e. The summed E-state index contributed by atoms with van der Waals surface area (Å²) >= 11 is 0. The van der Waals surface area contributed by atoms with E-state index in [9.17, 15) is 14.4 Å². The summed E-state index contributed by atoms with van der Waals surface area (Å²) in [4.78, 5) is 44.8. The summed E-state index contributed by atoms with van der Waals surface area (Å²) in [6.07, 6.45) is 5.51. The Balaban J connectivity index is 0.000000247. The zero-order valence-corrected chi connectivity index (χ0v) is 17.8. The average Bonchev–Trinajstić information content (AvgIpc) is 2.74. The summed E-state index contributed by atoms with van der Waals surface area (Å²) in [5.41, 5.74) is -1.73. The number of hydrogen-bond donors (Lipinski definition) is 4. The standard InChI is InChI=1S/C14H20N4O.C6H8O7/c1-17-13(18-8-3-2-4-9-18)11-19-16-14(17)12-6-5-7-15-10-12;7-3(8)1-6(13,5(11)12)2-4(9)10/h5-7,10,13H,2-4,8-9,11H2,1H3;13H,1-2H2,(H,7,8)(H,9,10)(H,11,12). The Morgan fingerprint density at radius 1 is 1.12 bits per heavy atom. The molecule has 32 heavy (non-hydrogen) atoms. The zero-order valence-electron chi connectivity index (χ0n) is 17.8. The maximum Gasteiger partial charge on any atom is 0.336 e. The number of aliphatic carboxylic acids is 3. The molecule has 12 nitrogen and oxygen atoms in total. The van der Waals surface area contributed by atoms with Crippen LogP contribution in [0.1, 0.15) is 37.7 Å². The quantitative estimate of drug-likeness (QED) is 0.447. The van der Waals surface area contributed by atoms with Crippen molar-refractivity contribution in [2.45, 2.75) is 43.9 Å². The van der Waals surface area contributed by atoms with Gasteiger partial charge in [-0.1, -0.05) is 11.6 Å². The fourth-order valence-corrected chi connectivity index (χ4v) is 3.51. The van der Waals surface area contributed by atoms with Gasteiger partial charge in [0.05, 0.1) is 12.8 Å². The predicted octanol–water partition coefficient (Wildman–Crippen LogP) is 0.269. The number of amidine groups is 1. The smallest absolute Gasteiger partial charge is 0.336 e. The Labute approximate surface area is 184 Å². The monoisotopic (exact) mass is 452 g/mol. The topological polar surface area (TPSA) is 173 Å². The molecule has 1 saturated heterocycles. The molecule has 2 aliphatic heterocycles. The molecule has 176 valence electrons. The van der Waals surface area contributed by atoms with Crippen LogP contribution in [0.3, 0.4) is 0 Å². The first-order valence-corrected chi connectivity index (χ1v) is 10.1. The van der Waals surface area contributed by atoms with Crippen molar-refractivity contribution in [2.24, 2.45) is 5.16 Å². The van der Waals surface area contributed by atoms with Gasteiger partial charge in [-0.05, 0) is 25.0 Å². The number of carboxylic acid groups (broad SMARTS) is 3. The van der Waals surface area contributed by atoms with Crippen LogP contribution in [0.15, 0.2) is 29.7 Å². The summed E-state index contributed by atoms with van der Waals surface area (Å²) < 4.78 is 0. The number of likely N-dealkylation sites (N-methyl/N-ethyl adjacent to an activating group) is 1. The molecule has 0 radical (unpaired) electrons. The molecule has 0 amide bonds. The molecule has 12 heteroatoms. The molecule has 0 saturated carbocycles. The highest BCUT2D eigenvalue weighted by Crippen LogP contribution is 2.19. The summed E-state index contributed by atoms with van der Waals surface area (Å²) in [6, 6.07) is 3.94. The third kappa shape index (κ3) is 6.89. The first-order chi connectivity index (χ1) is 15.1. The van der Waals surface area contributed by atoms with Gasteiger partial charge in [0, 0.05) is 38.1 Å². The lowest BCUT2D eigenvalue weighted by Gasteiger charge is -2.41. The number of carboxylic acids is 3. The van der Waals surface area contributed by atoms with Crippen LogP contribution < -0.4 is 0 Å². The minimum atomic E-state index is -2.74. The van der Waals surface area contributed by atoms with Gasteiger partial charge in [-0.15, -0.1) is 0 Å². The molecule has 1 unspecified atom stereocenters. The molecule has 3 rings (SSSR count). The molecule has 0 aliphatic carbocycles. The Bertz CT molecular complexity index is 810. The van der Waals surface area contributed by atoms with Crippen molar-refractivity contribution in [1.82, 2.24) is 14.8 Å². The van der Waals surface area contributed by atoms with E-state index in [-0.39, 0.29) is 6.17 Å². The molecule has 1 aromatic heterocycles. The van der Waals surface area contributed by atoms with E-state index in [1.54, 1.807) is 6.20 Å². The fraction of sp³-hybridized carbons (Fsp3) is 0.550. The molecular weight excluding hydrogens is 424 g/mol. The maximum absolute atomic E-state index is 10.3. The van der Waals surface area contributed by atoms with Gasteiger partial charge in [-0.25, -0.2) is 4.79 Å². The van der Waals surface area contributed by atoms with Crippen LogP contribution in [0.2, 0.25) is 0 Å². The van der Waals surface area contributed by atoms with Crippen LogP contribution in [-0.2, 0) is 19.2 Å². The Morgan fingerprint density at radius 3 is 2.25 bits per heavy atom. The number of likely N-dealkylation sites (tertiary alicyclic amines) is 1. The van der Waals surface area contributed by atoms with E-state index in [2.05, 4.69) is 27.0 Å². The molecule has 0 aromatic carbocycles. The van der Waals surface area contributed by atoms with Gasteiger partial charge in [0.2, 0.25) is 0 Å². The van der Waals surface area contributed by atoms with Crippen molar-refractivity contribution in [3.63, 3.8) is 0 Å². The number of rotatable bonds is 7. The number of aromatic nitrogens is 1. The first kappa shape index (κ1) is 25.0. The first-order valence-electron chi connectivity index (χ1n) is 10.1. The second kappa shape index (κ2) is 11.4. The van der Waals surface area contributed by atoms with Crippen molar-refractivity contribution < 1.29 is 39.6 Å². The van der Waals surface area contributed by atoms with Crippen LogP contribution in [0, 0.1) is 0 Å². The van der Waals surface area contributed by atoms with E-state index in [0.29, 0.717) is 6.61 Å². The average molecular weight is 452 g/mol. The molecule has 1 atom stereocenters. The van der Waals surface area contributed by atoms with Crippen molar-refractivity contribution in [3.05, 3.63) is 30.1 Å². The summed E-state index contributed by atoms with van der Waals surface area (Å²) in [6.45, 7) is 2.94.